The number of rotatable bonds is 4. The number of ether oxygens (including phenoxy) is 1. The molecule has 1 atom stereocenters. The topological polar surface area (TPSA) is 67.5 Å². The van der Waals surface area contributed by atoms with Gasteiger partial charge in [0.25, 0.3) is 0 Å². The minimum absolute atomic E-state index is 0.117. The minimum atomic E-state index is -0.117. The maximum absolute atomic E-state index is 8.70. The van der Waals surface area contributed by atoms with E-state index in [1.807, 2.05) is 0 Å². The molecule has 1 saturated heterocycles. The number of aliphatic hydroxyl groups is 1. The predicted molar refractivity (Wildman–Crippen MR) is 44.3 cm³/mol. The first-order valence-corrected chi connectivity index (χ1v) is 4.31. The van der Waals surface area contributed by atoms with E-state index in [1.54, 1.807) is 6.07 Å². The van der Waals surface area contributed by atoms with Crippen molar-refractivity contribution in [3.05, 3.63) is 11.8 Å². The van der Waals surface area contributed by atoms with Gasteiger partial charge in [-0.2, -0.15) is 0 Å². The molecule has 0 aliphatic carbocycles. The van der Waals surface area contributed by atoms with Crippen molar-refractivity contribution in [1.82, 2.24) is 10.5 Å². The van der Waals surface area contributed by atoms with Crippen LogP contribution in [0.15, 0.2) is 10.6 Å². The van der Waals surface area contributed by atoms with Crippen molar-refractivity contribution >= 4 is 0 Å². The smallest absolute Gasteiger partial charge is 0.311 e. The fraction of sp³-hybridized carbons (Fsp3) is 0.625. The van der Waals surface area contributed by atoms with Gasteiger partial charge in [0, 0.05) is 12.1 Å². The molecule has 72 valence electrons. The molecule has 1 aliphatic heterocycles. The molecule has 1 aliphatic rings. The van der Waals surface area contributed by atoms with Crippen LogP contribution in [0.1, 0.15) is 12.1 Å². The monoisotopic (exact) mass is 184 g/mol. The Morgan fingerprint density at radius 3 is 3.15 bits per heavy atom. The minimum Gasteiger partial charge on any atom is -0.462 e. The average Bonchev–Trinajstić information content (AvgIpc) is 2.49. The molecule has 2 heterocycles. The van der Waals surface area contributed by atoms with Crippen molar-refractivity contribution in [2.75, 3.05) is 13.2 Å². The molecule has 1 aromatic rings. The Kier molecular flexibility index (Phi) is 2.47. The van der Waals surface area contributed by atoms with Crippen LogP contribution in [0.2, 0.25) is 0 Å². The molecule has 0 amide bonds. The Balaban J connectivity index is 1.79. The maximum Gasteiger partial charge on any atom is 0.311 e. The third-order valence-corrected chi connectivity index (χ3v) is 2.05. The normalized spacial score (nSPS) is 21.2. The summed E-state index contributed by atoms with van der Waals surface area (Å²) >= 11 is 0. The van der Waals surface area contributed by atoms with E-state index in [0.717, 1.165) is 13.0 Å². The third-order valence-electron chi connectivity index (χ3n) is 2.05. The Labute approximate surface area is 75.7 Å². The Hall–Kier alpha value is -1.07. The molecule has 0 bridgehead atoms. The van der Waals surface area contributed by atoms with Crippen molar-refractivity contribution in [3.63, 3.8) is 0 Å². The Morgan fingerprint density at radius 2 is 2.62 bits per heavy atom. The number of hydrogen-bond donors (Lipinski definition) is 2. The van der Waals surface area contributed by atoms with Crippen LogP contribution in [0.3, 0.4) is 0 Å². The van der Waals surface area contributed by atoms with E-state index in [-0.39, 0.29) is 6.61 Å². The number of nitrogens with one attached hydrogen (secondary N) is 1. The van der Waals surface area contributed by atoms with Crippen LogP contribution >= 0.6 is 0 Å². The first-order chi connectivity index (χ1) is 6.38. The zero-order valence-corrected chi connectivity index (χ0v) is 7.19. The molecule has 0 unspecified atom stereocenters. The van der Waals surface area contributed by atoms with Gasteiger partial charge in [-0.25, -0.2) is 0 Å². The Bertz CT molecular complexity index is 270. The van der Waals surface area contributed by atoms with E-state index in [4.69, 9.17) is 14.4 Å². The second-order valence-corrected chi connectivity index (χ2v) is 3.05. The summed E-state index contributed by atoms with van der Waals surface area (Å²) in [6.07, 6.45) is 1.14. The molecule has 0 radical (unpaired) electrons. The van der Waals surface area contributed by atoms with Crippen LogP contribution in [0.5, 0.6) is 5.95 Å². The van der Waals surface area contributed by atoms with Gasteiger partial charge in [0.2, 0.25) is 0 Å². The predicted octanol–water partition coefficient (Wildman–Crippen LogP) is -0.0924. The van der Waals surface area contributed by atoms with Crippen molar-refractivity contribution in [3.8, 4) is 5.95 Å². The van der Waals surface area contributed by atoms with Crippen molar-refractivity contribution in [2.45, 2.75) is 19.1 Å². The highest BCUT2D eigenvalue weighted by molar-refractivity contribution is 5.09. The molecule has 0 saturated carbocycles. The molecule has 2 N–H and O–H groups in total. The molecule has 5 nitrogen and oxygen atoms in total. The van der Waals surface area contributed by atoms with E-state index >= 15 is 0 Å². The largest absolute Gasteiger partial charge is 0.462 e. The molecule has 0 spiro atoms. The molecule has 2 rings (SSSR count). The number of hydrogen-bond acceptors (Lipinski definition) is 5. The third kappa shape index (κ3) is 1.99. The fourth-order valence-corrected chi connectivity index (χ4v) is 1.11. The summed E-state index contributed by atoms with van der Waals surface area (Å²) in [5.74, 6) is 0.373. The Morgan fingerprint density at radius 1 is 1.77 bits per heavy atom. The molecular weight excluding hydrogens is 172 g/mol. The van der Waals surface area contributed by atoms with Crippen LogP contribution in [0, 0.1) is 0 Å². The summed E-state index contributed by atoms with van der Waals surface area (Å²) in [6, 6.07) is 2.03. The lowest BCUT2D eigenvalue weighted by atomic mass is 10.1. The van der Waals surface area contributed by atoms with Crippen LogP contribution in [-0.4, -0.2) is 29.5 Å². The van der Waals surface area contributed by atoms with E-state index in [9.17, 15) is 0 Å². The van der Waals surface area contributed by atoms with Gasteiger partial charge in [-0.05, 0) is 13.0 Å². The lowest BCUT2D eigenvalue weighted by Crippen LogP contribution is -2.46. The van der Waals surface area contributed by atoms with Gasteiger partial charge in [0.05, 0.1) is 6.61 Å². The van der Waals surface area contributed by atoms with E-state index < -0.39 is 0 Å². The van der Waals surface area contributed by atoms with Crippen LogP contribution in [0.25, 0.3) is 0 Å². The molecule has 5 heteroatoms. The molecule has 13 heavy (non-hydrogen) atoms. The average molecular weight is 184 g/mol. The summed E-state index contributed by atoms with van der Waals surface area (Å²) in [5.41, 5.74) is 0.497. The summed E-state index contributed by atoms with van der Waals surface area (Å²) in [5, 5.41) is 15.5. The summed E-state index contributed by atoms with van der Waals surface area (Å²) in [4.78, 5) is 0. The zero-order chi connectivity index (χ0) is 9.10. The highest BCUT2D eigenvalue weighted by atomic mass is 16.6. The standard InChI is InChI=1S/C8H12N2O3/c11-4-7-3-8(13-10-7)12-5-6-1-2-9-6/h3,6,9,11H,1-2,4-5H2/t6-/m0/s1. The summed E-state index contributed by atoms with van der Waals surface area (Å²) in [6.45, 7) is 1.54. The van der Waals surface area contributed by atoms with Gasteiger partial charge in [0.15, 0.2) is 0 Å². The zero-order valence-electron chi connectivity index (χ0n) is 7.19. The number of nitrogens with zero attached hydrogens (tertiary/aromatic N) is 1. The van der Waals surface area contributed by atoms with Crippen molar-refractivity contribution < 1.29 is 14.4 Å². The highest BCUT2D eigenvalue weighted by Crippen LogP contribution is 2.13. The van der Waals surface area contributed by atoms with Gasteiger partial charge in [0.1, 0.15) is 12.3 Å². The fourth-order valence-electron chi connectivity index (χ4n) is 1.11. The lowest BCUT2D eigenvalue weighted by Gasteiger charge is -2.26. The van der Waals surface area contributed by atoms with E-state index in [1.165, 1.54) is 0 Å². The highest BCUT2D eigenvalue weighted by Gasteiger charge is 2.17. The van der Waals surface area contributed by atoms with Gasteiger partial charge >= 0.3 is 5.95 Å². The second kappa shape index (κ2) is 3.76. The van der Waals surface area contributed by atoms with E-state index in [0.29, 0.717) is 24.3 Å². The molecule has 0 aromatic carbocycles. The summed E-state index contributed by atoms with van der Waals surface area (Å²) in [7, 11) is 0. The van der Waals surface area contributed by atoms with Gasteiger partial charge in [-0.1, -0.05) is 5.16 Å². The number of aromatic nitrogens is 1. The first kappa shape index (κ1) is 8.52. The van der Waals surface area contributed by atoms with E-state index in [2.05, 4.69) is 10.5 Å². The molecule has 1 aromatic heterocycles. The molecule has 1 fully saturated rings. The first-order valence-electron chi connectivity index (χ1n) is 4.31. The number of aliphatic hydroxyl groups excluding tert-OH is 1. The van der Waals surface area contributed by atoms with Crippen molar-refractivity contribution in [1.29, 1.82) is 0 Å². The van der Waals surface area contributed by atoms with Gasteiger partial charge < -0.3 is 19.7 Å². The quantitative estimate of drug-likeness (QED) is 0.684. The van der Waals surface area contributed by atoms with Crippen LogP contribution in [-0.2, 0) is 6.61 Å². The van der Waals surface area contributed by atoms with Crippen LogP contribution in [0.4, 0.5) is 0 Å². The molecular formula is C8H12N2O3. The lowest BCUT2D eigenvalue weighted by molar-refractivity contribution is 0.164. The van der Waals surface area contributed by atoms with Gasteiger partial charge in [-0.15, -0.1) is 0 Å². The SMILES string of the molecule is OCc1cc(OC[C@@H]2CCN2)on1. The van der Waals surface area contributed by atoms with Crippen molar-refractivity contribution in [2.24, 2.45) is 0 Å². The maximum atomic E-state index is 8.70. The van der Waals surface area contributed by atoms with Crippen LogP contribution < -0.4 is 10.1 Å². The van der Waals surface area contributed by atoms with Gasteiger partial charge in [-0.3, -0.25) is 0 Å². The second-order valence-electron chi connectivity index (χ2n) is 3.05. The summed E-state index contributed by atoms with van der Waals surface area (Å²) < 4.78 is 10.1.